The lowest BCUT2D eigenvalue weighted by Crippen LogP contribution is -2.30. The molecule has 0 aliphatic carbocycles. The molecule has 134 valence electrons. The smallest absolute Gasteiger partial charge is 0.133 e. The summed E-state index contributed by atoms with van der Waals surface area (Å²) in [6.07, 6.45) is 2.44. The van der Waals surface area contributed by atoms with Crippen molar-refractivity contribution in [3.8, 4) is 5.75 Å². The minimum absolute atomic E-state index is 0.364. The molecule has 25 heavy (non-hydrogen) atoms. The Morgan fingerprint density at radius 1 is 1.24 bits per heavy atom. The van der Waals surface area contributed by atoms with Crippen LogP contribution in [0, 0.1) is 14.9 Å². The van der Waals surface area contributed by atoms with E-state index < -0.39 is 0 Å². The molecule has 0 spiro atoms. The maximum atomic E-state index is 5.60. The van der Waals surface area contributed by atoms with Crippen LogP contribution in [-0.4, -0.2) is 12.9 Å². The van der Waals surface area contributed by atoms with Gasteiger partial charge in [-0.3, -0.25) is 0 Å². The van der Waals surface area contributed by atoms with Crippen molar-refractivity contribution in [1.82, 2.24) is 0 Å². The minimum Gasteiger partial charge on any atom is -0.496 e. The number of hydrogen-bond acceptors (Lipinski definition) is 2. The number of ether oxygens (including phenoxy) is 1. The average Bonchev–Trinajstić information content (AvgIpc) is 2.79. The van der Waals surface area contributed by atoms with Crippen LogP contribution in [0.1, 0.15) is 50.7 Å². The SMILES string of the molecule is CCC1(C(C)C)CSc2cc(OC)c(I)cc2C(c2ccccc2)C1. The zero-order valence-electron chi connectivity index (χ0n) is 15.5. The van der Waals surface area contributed by atoms with Crippen molar-refractivity contribution in [2.24, 2.45) is 11.3 Å². The Labute approximate surface area is 170 Å². The molecular formula is C22H27IOS. The third-order valence-electron chi connectivity index (χ3n) is 5.92. The maximum absolute atomic E-state index is 5.60. The first-order valence-corrected chi connectivity index (χ1v) is 11.1. The summed E-state index contributed by atoms with van der Waals surface area (Å²) in [5.41, 5.74) is 3.27. The van der Waals surface area contributed by atoms with Crippen LogP contribution in [0.25, 0.3) is 0 Å². The Balaban J connectivity index is 2.16. The van der Waals surface area contributed by atoms with Gasteiger partial charge in [-0.15, -0.1) is 11.8 Å². The van der Waals surface area contributed by atoms with E-state index in [1.807, 2.05) is 11.8 Å². The Bertz CT molecular complexity index is 728. The van der Waals surface area contributed by atoms with Crippen LogP contribution in [0.4, 0.5) is 0 Å². The largest absolute Gasteiger partial charge is 0.496 e. The lowest BCUT2D eigenvalue weighted by Gasteiger charge is -2.38. The highest BCUT2D eigenvalue weighted by molar-refractivity contribution is 14.1. The molecule has 3 heteroatoms. The van der Waals surface area contributed by atoms with Crippen LogP contribution >= 0.6 is 34.4 Å². The van der Waals surface area contributed by atoms with Crippen molar-refractivity contribution in [3.05, 3.63) is 57.2 Å². The number of benzene rings is 2. The van der Waals surface area contributed by atoms with Gasteiger partial charge in [-0.1, -0.05) is 51.1 Å². The summed E-state index contributed by atoms with van der Waals surface area (Å²) in [5, 5.41) is 0. The van der Waals surface area contributed by atoms with Crippen molar-refractivity contribution in [3.63, 3.8) is 0 Å². The summed E-state index contributed by atoms with van der Waals surface area (Å²) < 4.78 is 6.80. The fourth-order valence-electron chi connectivity index (χ4n) is 3.94. The fraction of sp³-hybridized carbons (Fsp3) is 0.455. The van der Waals surface area contributed by atoms with Crippen molar-refractivity contribution in [2.45, 2.75) is 44.4 Å². The van der Waals surface area contributed by atoms with Gasteiger partial charge in [0.1, 0.15) is 5.75 Å². The molecule has 0 saturated heterocycles. The van der Waals surface area contributed by atoms with Crippen molar-refractivity contribution in [2.75, 3.05) is 12.9 Å². The van der Waals surface area contributed by atoms with Gasteiger partial charge in [0.05, 0.1) is 10.7 Å². The molecule has 2 aromatic carbocycles. The van der Waals surface area contributed by atoms with E-state index in [0.717, 1.165) is 5.75 Å². The zero-order valence-corrected chi connectivity index (χ0v) is 18.5. The lowest BCUT2D eigenvalue weighted by atomic mass is 9.68. The standard InChI is InChI=1S/C22H27IOS/c1-5-22(15(2)3)13-18(16-9-7-6-8-10-16)17-11-19(23)20(24-4)12-21(17)25-14-22/h6-12,15,18H,5,13-14H2,1-4H3. The average molecular weight is 466 g/mol. The van der Waals surface area contributed by atoms with Crippen LogP contribution in [0.5, 0.6) is 5.75 Å². The Hall–Kier alpha value is -0.680. The van der Waals surface area contributed by atoms with E-state index in [-0.39, 0.29) is 0 Å². The molecule has 0 N–H and O–H groups in total. The normalized spacial score (nSPS) is 23.2. The van der Waals surface area contributed by atoms with Crippen molar-refractivity contribution < 1.29 is 4.74 Å². The minimum atomic E-state index is 0.364. The molecule has 2 aromatic rings. The second-order valence-electron chi connectivity index (χ2n) is 7.35. The molecule has 1 aliphatic rings. The fourth-order valence-corrected chi connectivity index (χ4v) is 6.31. The second-order valence-corrected chi connectivity index (χ2v) is 9.53. The maximum Gasteiger partial charge on any atom is 0.133 e. The molecule has 0 saturated carbocycles. The third kappa shape index (κ3) is 3.73. The van der Waals surface area contributed by atoms with Gasteiger partial charge in [0.25, 0.3) is 0 Å². The predicted molar refractivity (Wildman–Crippen MR) is 117 cm³/mol. The second kappa shape index (κ2) is 7.91. The highest BCUT2D eigenvalue weighted by Gasteiger charge is 2.39. The Morgan fingerprint density at radius 2 is 1.96 bits per heavy atom. The third-order valence-corrected chi connectivity index (χ3v) is 8.14. The number of halogens is 1. The van der Waals surface area contributed by atoms with Crippen LogP contribution in [-0.2, 0) is 0 Å². The zero-order chi connectivity index (χ0) is 18.0. The molecule has 0 amide bonds. The summed E-state index contributed by atoms with van der Waals surface area (Å²) in [7, 11) is 1.77. The van der Waals surface area contributed by atoms with E-state index in [0.29, 0.717) is 17.3 Å². The summed E-state index contributed by atoms with van der Waals surface area (Å²) in [6, 6.07) is 15.7. The molecule has 1 heterocycles. The van der Waals surface area contributed by atoms with Gasteiger partial charge in [-0.25, -0.2) is 0 Å². The predicted octanol–water partition coefficient (Wildman–Crippen LogP) is 6.98. The summed E-state index contributed by atoms with van der Waals surface area (Å²) in [4.78, 5) is 1.39. The topological polar surface area (TPSA) is 9.23 Å². The first kappa shape index (κ1) is 19.1. The van der Waals surface area contributed by atoms with Gasteiger partial charge in [0.15, 0.2) is 0 Å². The van der Waals surface area contributed by atoms with E-state index in [1.165, 1.54) is 38.2 Å². The van der Waals surface area contributed by atoms with Crippen LogP contribution < -0.4 is 4.74 Å². The molecule has 1 nitrogen and oxygen atoms in total. The van der Waals surface area contributed by atoms with Gasteiger partial charge in [0, 0.05) is 16.6 Å². The summed E-state index contributed by atoms with van der Waals surface area (Å²) in [5.74, 6) is 3.30. The van der Waals surface area contributed by atoms with Crippen LogP contribution in [0.2, 0.25) is 0 Å². The van der Waals surface area contributed by atoms with Gasteiger partial charge >= 0.3 is 0 Å². The number of fused-ring (bicyclic) bond motifs is 1. The first-order valence-electron chi connectivity index (χ1n) is 9.06. The number of rotatable bonds is 4. The van der Waals surface area contributed by atoms with Gasteiger partial charge < -0.3 is 4.74 Å². The lowest BCUT2D eigenvalue weighted by molar-refractivity contribution is 0.190. The molecule has 3 rings (SSSR count). The monoisotopic (exact) mass is 466 g/mol. The van der Waals surface area contributed by atoms with E-state index in [9.17, 15) is 0 Å². The van der Waals surface area contributed by atoms with Crippen molar-refractivity contribution in [1.29, 1.82) is 0 Å². The molecule has 0 bridgehead atoms. The number of thioether (sulfide) groups is 1. The molecule has 2 atom stereocenters. The van der Waals surface area contributed by atoms with Gasteiger partial charge in [-0.05, 0) is 70.0 Å². The molecule has 0 aromatic heterocycles. The number of methoxy groups -OCH3 is 1. The molecular weight excluding hydrogens is 439 g/mol. The van der Waals surface area contributed by atoms with E-state index in [4.69, 9.17) is 4.74 Å². The molecule has 1 aliphatic heterocycles. The van der Waals surface area contributed by atoms with Crippen molar-refractivity contribution >= 4 is 34.4 Å². The molecule has 2 unspecified atom stereocenters. The van der Waals surface area contributed by atoms with E-state index in [2.05, 4.69) is 85.8 Å². The van der Waals surface area contributed by atoms with E-state index in [1.54, 1.807) is 7.11 Å². The highest BCUT2D eigenvalue weighted by atomic mass is 127. The quantitative estimate of drug-likeness (QED) is 0.450. The van der Waals surface area contributed by atoms with Gasteiger partial charge in [-0.2, -0.15) is 0 Å². The number of hydrogen-bond donors (Lipinski definition) is 0. The van der Waals surface area contributed by atoms with Gasteiger partial charge in [0.2, 0.25) is 0 Å². The first-order chi connectivity index (χ1) is 12.0. The van der Waals surface area contributed by atoms with E-state index >= 15 is 0 Å². The summed E-state index contributed by atoms with van der Waals surface area (Å²) >= 11 is 4.43. The highest BCUT2D eigenvalue weighted by Crippen LogP contribution is 2.52. The van der Waals surface area contributed by atoms with Crippen LogP contribution in [0.3, 0.4) is 0 Å². The molecule has 0 fully saturated rings. The van der Waals surface area contributed by atoms with Crippen LogP contribution in [0.15, 0.2) is 47.4 Å². The Morgan fingerprint density at radius 3 is 2.56 bits per heavy atom. The Kier molecular flexibility index (Phi) is 6.04. The molecule has 0 radical (unpaired) electrons. The summed E-state index contributed by atoms with van der Waals surface area (Å²) in [6.45, 7) is 7.15.